The van der Waals surface area contributed by atoms with Gasteiger partial charge in [0.15, 0.2) is 0 Å². The lowest BCUT2D eigenvalue weighted by Gasteiger charge is -2.23. The summed E-state index contributed by atoms with van der Waals surface area (Å²) in [6.45, 7) is 1.84. The number of carbonyl (C=O) groups excluding carboxylic acids is 2. The minimum atomic E-state index is -4.49. The Hall–Kier alpha value is -2.31. The van der Waals surface area contributed by atoms with Gasteiger partial charge in [0.05, 0.1) is 0 Å². The van der Waals surface area contributed by atoms with Gasteiger partial charge in [-0.25, -0.2) is 0 Å². The maximum absolute atomic E-state index is 12.7. The average molecular weight is 368 g/mol. The first-order valence-electron chi connectivity index (χ1n) is 8.68. The monoisotopic (exact) mass is 368 g/mol. The van der Waals surface area contributed by atoms with Gasteiger partial charge >= 0.3 is 6.18 Å². The van der Waals surface area contributed by atoms with E-state index in [9.17, 15) is 22.8 Å². The van der Waals surface area contributed by atoms with Crippen LogP contribution < -0.4 is 5.32 Å². The fourth-order valence-electron chi connectivity index (χ4n) is 3.11. The van der Waals surface area contributed by atoms with Crippen LogP contribution in [-0.2, 0) is 4.79 Å². The molecule has 0 aromatic heterocycles. The molecule has 1 saturated carbocycles. The normalized spacial score (nSPS) is 15.3. The van der Waals surface area contributed by atoms with E-state index in [1.807, 2.05) is 0 Å². The number of rotatable bonds is 6. The predicted molar refractivity (Wildman–Crippen MR) is 93.8 cm³/mol. The van der Waals surface area contributed by atoms with Crippen LogP contribution in [0, 0.1) is 5.92 Å². The molecule has 2 amide bonds. The van der Waals surface area contributed by atoms with Gasteiger partial charge < -0.3 is 10.2 Å². The number of nitrogens with one attached hydrogen (secondary N) is 1. The van der Waals surface area contributed by atoms with Crippen molar-refractivity contribution in [2.75, 3.05) is 18.4 Å². The van der Waals surface area contributed by atoms with E-state index < -0.39 is 18.6 Å². The van der Waals surface area contributed by atoms with Crippen LogP contribution in [0.1, 0.15) is 42.5 Å². The van der Waals surface area contributed by atoms with E-state index in [1.54, 1.807) is 12.1 Å². The van der Waals surface area contributed by atoms with E-state index >= 15 is 0 Å². The third-order valence-corrected chi connectivity index (χ3v) is 4.36. The molecule has 0 heterocycles. The number of anilines is 1. The smallest absolute Gasteiger partial charge is 0.326 e. The Morgan fingerprint density at radius 3 is 2.54 bits per heavy atom. The summed E-state index contributed by atoms with van der Waals surface area (Å²) in [4.78, 5) is 25.4. The molecule has 1 fully saturated rings. The lowest BCUT2D eigenvalue weighted by molar-refractivity contribution is -0.139. The molecule has 2 rings (SSSR count). The Bertz CT molecular complexity index is 652. The van der Waals surface area contributed by atoms with E-state index in [-0.39, 0.29) is 23.9 Å². The van der Waals surface area contributed by atoms with Crippen LogP contribution in [0.15, 0.2) is 36.9 Å². The average Bonchev–Trinajstić information content (AvgIpc) is 2.60. The van der Waals surface area contributed by atoms with Crippen molar-refractivity contribution in [2.45, 2.75) is 38.3 Å². The van der Waals surface area contributed by atoms with Gasteiger partial charge in [-0.1, -0.05) is 31.4 Å². The van der Waals surface area contributed by atoms with Gasteiger partial charge in [0.25, 0.3) is 5.91 Å². The molecular formula is C19H23F3N2O2. The van der Waals surface area contributed by atoms with Gasteiger partial charge in [0.2, 0.25) is 5.91 Å². The summed E-state index contributed by atoms with van der Waals surface area (Å²) in [5, 5.41) is 2.77. The maximum Gasteiger partial charge on any atom is 0.406 e. The molecule has 1 aliphatic rings. The Morgan fingerprint density at radius 1 is 1.23 bits per heavy atom. The number of hydrogen-bond acceptors (Lipinski definition) is 2. The highest BCUT2D eigenvalue weighted by Gasteiger charge is 2.33. The van der Waals surface area contributed by atoms with Gasteiger partial charge in [0.1, 0.15) is 6.54 Å². The highest BCUT2D eigenvalue weighted by Crippen LogP contribution is 2.25. The summed E-state index contributed by atoms with van der Waals surface area (Å²) in [5.41, 5.74) is 0.509. The van der Waals surface area contributed by atoms with Gasteiger partial charge in [0, 0.05) is 23.7 Å². The third kappa shape index (κ3) is 5.89. The summed E-state index contributed by atoms with van der Waals surface area (Å²) >= 11 is 0. The number of nitrogens with zero attached hydrogens (tertiary/aromatic N) is 1. The highest BCUT2D eigenvalue weighted by atomic mass is 19.4. The standard InChI is InChI=1S/C19H23F3N2O2/c1-2-11-24(13-19(20,21)22)18(26)15-9-6-10-16(12-15)23-17(25)14-7-4-3-5-8-14/h2,6,9-10,12,14H,1,3-5,7-8,11,13H2,(H,23,25). The van der Waals surface area contributed by atoms with Crippen LogP contribution in [0.5, 0.6) is 0 Å². The lowest BCUT2D eigenvalue weighted by Crippen LogP contribution is -2.39. The Labute approximate surface area is 151 Å². The molecule has 0 spiro atoms. The number of amides is 2. The van der Waals surface area contributed by atoms with Crippen LogP contribution in [0.4, 0.5) is 18.9 Å². The molecule has 0 atom stereocenters. The molecule has 0 aliphatic heterocycles. The van der Waals surface area contributed by atoms with Crippen LogP contribution >= 0.6 is 0 Å². The second-order valence-electron chi connectivity index (χ2n) is 6.49. The quantitative estimate of drug-likeness (QED) is 0.757. The summed E-state index contributed by atoms with van der Waals surface area (Å²) in [7, 11) is 0. The van der Waals surface area contributed by atoms with Crippen molar-refractivity contribution < 1.29 is 22.8 Å². The molecule has 0 radical (unpaired) electrons. The molecule has 142 valence electrons. The minimum absolute atomic E-state index is 0.0504. The molecule has 1 aliphatic carbocycles. The summed E-state index contributed by atoms with van der Waals surface area (Å²) in [6, 6.07) is 6.02. The summed E-state index contributed by atoms with van der Waals surface area (Å²) in [5.74, 6) is -0.908. The number of alkyl halides is 3. The maximum atomic E-state index is 12.7. The van der Waals surface area contributed by atoms with Gasteiger partial charge in [-0.15, -0.1) is 6.58 Å². The van der Waals surface area contributed by atoms with Crippen LogP contribution in [-0.4, -0.2) is 36.0 Å². The SMILES string of the molecule is C=CCN(CC(F)(F)F)C(=O)c1cccc(NC(=O)C2CCCCC2)c1. The first-order valence-corrected chi connectivity index (χ1v) is 8.68. The van der Waals surface area contributed by atoms with E-state index in [2.05, 4.69) is 11.9 Å². The number of benzene rings is 1. The Morgan fingerprint density at radius 2 is 1.92 bits per heavy atom. The second kappa shape index (κ2) is 8.87. The highest BCUT2D eigenvalue weighted by molar-refractivity contribution is 5.97. The van der Waals surface area contributed by atoms with Crippen molar-refractivity contribution in [3.8, 4) is 0 Å². The molecule has 1 aromatic rings. The lowest BCUT2D eigenvalue weighted by atomic mass is 9.88. The minimum Gasteiger partial charge on any atom is -0.326 e. The summed E-state index contributed by atoms with van der Waals surface area (Å²) < 4.78 is 38.0. The molecule has 4 nitrogen and oxygen atoms in total. The topological polar surface area (TPSA) is 49.4 Å². The van der Waals surface area contributed by atoms with Gasteiger partial charge in [-0.2, -0.15) is 13.2 Å². The molecule has 1 aromatic carbocycles. The number of halogens is 3. The summed E-state index contributed by atoms with van der Waals surface area (Å²) in [6.07, 6.45) is 1.59. The van der Waals surface area contributed by atoms with Crippen molar-refractivity contribution in [3.05, 3.63) is 42.5 Å². The van der Waals surface area contributed by atoms with Gasteiger partial charge in [-0.3, -0.25) is 9.59 Å². The van der Waals surface area contributed by atoms with Crippen molar-refractivity contribution in [1.29, 1.82) is 0 Å². The predicted octanol–water partition coefficient (Wildman–Crippen LogP) is 4.40. The van der Waals surface area contributed by atoms with E-state index in [0.29, 0.717) is 10.6 Å². The second-order valence-corrected chi connectivity index (χ2v) is 6.49. The first kappa shape index (κ1) is 20.0. The molecular weight excluding hydrogens is 345 g/mol. The zero-order chi connectivity index (χ0) is 19.2. The van der Waals surface area contributed by atoms with Crippen LogP contribution in [0.25, 0.3) is 0 Å². The van der Waals surface area contributed by atoms with Crippen LogP contribution in [0.3, 0.4) is 0 Å². The van der Waals surface area contributed by atoms with Crippen LogP contribution in [0.2, 0.25) is 0 Å². The Kier molecular flexibility index (Phi) is 6.83. The third-order valence-electron chi connectivity index (χ3n) is 4.36. The van der Waals surface area contributed by atoms with Gasteiger partial charge in [-0.05, 0) is 31.0 Å². The molecule has 1 N–H and O–H groups in total. The first-order chi connectivity index (χ1) is 12.3. The fraction of sp³-hybridized carbons (Fsp3) is 0.474. The van der Waals surface area contributed by atoms with Crippen molar-refractivity contribution >= 4 is 17.5 Å². The largest absolute Gasteiger partial charge is 0.406 e. The zero-order valence-corrected chi connectivity index (χ0v) is 14.5. The fourth-order valence-corrected chi connectivity index (χ4v) is 3.11. The van der Waals surface area contributed by atoms with E-state index in [1.165, 1.54) is 18.2 Å². The molecule has 7 heteroatoms. The molecule has 0 bridgehead atoms. The van der Waals surface area contributed by atoms with Crippen molar-refractivity contribution in [3.63, 3.8) is 0 Å². The molecule has 26 heavy (non-hydrogen) atoms. The van der Waals surface area contributed by atoms with E-state index in [4.69, 9.17) is 0 Å². The number of hydrogen-bond donors (Lipinski definition) is 1. The van der Waals surface area contributed by atoms with Crippen molar-refractivity contribution in [1.82, 2.24) is 4.90 Å². The van der Waals surface area contributed by atoms with Crippen molar-refractivity contribution in [2.24, 2.45) is 5.92 Å². The number of carbonyl (C=O) groups is 2. The molecule has 0 unspecified atom stereocenters. The van der Waals surface area contributed by atoms with E-state index in [0.717, 1.165) is 32.1 Å². The Balaban J connectivity index is 2.09. The zero-order valence-electron chi connectivity index (χ0n) is 14.5. The molecule has 0 saturated heterocycles.